The third-order valence-corrected chi connectivity index (χ3v) is 3.29. The topological polar surface area (TPSA) is 89.5 Å². The maximum Gasteiger partial charge on any atom is 0.413 e. The minimum Gasteiger partial charge on any atom is -0.463 e. The van der Waals surface area contributed by atoms with Gasteiger partial charge in [-0.2, -0.15) is 0 Å². The van der Waals surface area contributed by atoms with Crippen molar-refractivity contribution < 1.29 is 19.1 Å². The highest BCUT2D eigenvalue weighted by Crippen LogP contribution is 2.22. The summed E-state index contributed by atoms with van der Waals surface area (Å²) in [5, 5.41) is 5.82. The van der Waals surface area contributed by atoms with Crippen LogP contribution in [0.4, 0.5) is 10.6 Å². The molecule has 0 spiro atoms. The van der Waals surface area contributed by atoms with Crippen LogP contribution in [0.15, 0.2) is 24.4 Å². The van der Waals surface area contributed by atoms with Gasteiger partial charge in [0, 0.05) is 18.2 Å². The molecule has 8 heteroatoms. The lowest BCUT2D eigenvalue weighted by molar-refractivity contribution is -0.138. The highest BCUT2D eigenvalue weighted by atomic mass is 35.5. The monoisotopic (exact) mass is 413 g/mol. The van der Waals surface area contributed by atoms with Crippen molar-refractivity contribution in [2.45, 2.75) is 53.6 Å². The normalized spacial score (nSPS) is 10.4. The highest BCUT2D eigenvalue weighted by molar-refractivity contribution is 6.33. The van der Waals surface area contributed by atoms with Gasteiger partial charge in [0.15, 0.2) is 5.82 Å². The van der Waals surface area contributed by atoms with Gasteiger partial charge in [-0.3, -0.25) is 5.32 Å². The summed E-state index contributed by atoms with van der Waals surface area (Å²) in [7, 11) is 0. The molecule has 0 aromatic carbocycles. The van der Waals surface area contributed by atoms with Crippen molar-refractivity contribution >= 4 is 29.5 Å². The van der Waals surface area contributed by atoms with Crippen molar-refractivity contribution in [2.24, 2.45) is 0 Å². The lowest BCUT2D eigenvalue weighted by Crippen LogP contribution is -2.27. The Morgan fingerprint density at radius 2 is 1.82 bits per heavy atom. The summed E-state index contributed by atoms with van der Waals surface area (Å²) in [5.74, 6) is -0.272. The molecule has 1 amide bonds. The van der Waals surface area contributed by atoms with Crippen LogP contribution in [-0.4, -0.2) is 42.3 Å². The predicted octanol–water partition coefficient (Wildman–Crippen LogP) is 4.36. The molecule has 1 heterocycles. The summed E-state index contributed by atoms with van der Waals surface area (Å²) < 4.78 is 9.99. The first-order valence-electron chi connectivity index (χ1n) is 9.24. The van der Waals surface area contributed by atoms with Crippen LogP contribution in [0.3, 0.4) is 0 Å². The minimum absolute atomic E-state index is 0.186. The van der Waals surface area contributed by atoms with Crippen LogP contribution < -0.4 is 10.6 Å². The molecule has 0 unspecified atom stereocenters. The molecule has 158 valence electrons. The average molecular weight is 414 g/mol. The first-order chi connectivity index (χ1) is 13.0. The van der Waals surface area contributed by atoms with Gasteiger partial charge in [0.2, 0.25) is 0 Å². The molecule has 0 bridgehead atoms. The fourth-order valence-electron chi connectivity index (χ4n) is 1.87. The number of amides is 1. The Morgan fingerprint density at radius 1 is 1.21 bits per heavy atom. The SMILES string of the molecule is C=C(Cc1cnc(NC(=O)OC(C)(C)C)c(Cl)c1)C(=O)OCC.CCNCC. The molecular weight excluding hydrogens is 382 g/mol. The number of ether oxygens (including phenoxy) is 2. The Kier molecular flexibility index (Phi) is 12.1. The average Bonchev–Trinajstić information content (AvgIpc) is 2.57. The molecule has 0 atom stereocenters. The van der Waals surface area contributed by atoms with Crippen molar-refractivity contribution in [1.29, 1.82) is 0 Å². The van der Waals surface area contributed by atoms with Crippen molar-refractivity contribution in [3.63, 3.8) is 0 Å². The standard InChI is InChI=1S/C16H21ClN2O4.C4H11N/c1-6-22-14(20)10(2)7-11-8-12(17)13(18-9-11)19-15(21)23-16(3,4)5;1-3-5-4-2/h8-9H,2,6-7H2,1,3-5H3,(H,18,19,21);5H,3-4H2,1-2H3. The van der Waals surface area contributed by atoms with E-state index in [0.29, 0.717) is 11.1 Å². The number of aromatic nitrogens is 1. The highest BCUT2D eigenvalue weighted by Gasteiger charge is 2.18. The van der Waals surface area contributed by atoms with Crippen LogP contribution in [0, 0.1) is 0 Å². The van der Waals surface area contributed by atoms with Gasteiger partial charge >= 0.3 is 12.1 Å². The van der Waals surface area contributed by atoms with E-state index in [1.807, 2.05) is 0 Å². The number of esters is 1. The Morgan fingerprint density at radius 3 is 2.25 bits per heavy atom. The molecule has 0 saturated heterocycles. The van der Waals surface area contributed by atoms with E-state index in [1.165, 1.54) is 6.20 Å². The number of rotatable bonds is 7. The molecule has 0 aliphatic rings. The van der Waals surface area contributed by atoms with Crippen LogP contribution >= 0.6 is 11.6 Å². The summed E-state index contributed by atoms with van der Waals surface area (Å²) in [5.41, 5.74) is 0.369. The molecule has 0 aliphatic carbocycles. The number of hydrogen-bond donors (Lipinski definition) is 2. The molecule has 0 radical (unpaired) electrons. The third-order valence-electron chi connectivity index (χ3n) is 3.00. The first kappa shape index (κ1) is 25.9. The van der Waals surface area contributed by atoms with E-state index in [-0.39, 0.29) is 23.9 Å². The molecule has 0 aliphatic heterocycles. The maximum absolute atomic E-state index is 11.7. The fourth-order valence-corrected chi connectivity index (χ4v) is 2.10. The number of carbonyl (C=O) groups excluding carboxylic acids is 2. The van der Waals surface area contributed by atoms with E-state index in [0.717, 1.165) is 13.1 Å². The van der Waals surface area contributed by atoms with E-state index < -0.39 is 17.7 Å². The van der Waals surface area contributed by atoms with E-state index in [9.17, 15) is 9.59 Å². The van der Waals surface area contributed by atoms with Gasteiger partial charge in [-0.25, -0.2) is 14.6 Å². The van der Waals surface area contributed by atoms with Gasteiger partial charge in [-0.1, -0.05) is 32.0 Å². The van der Waals surface area contributed by atoms with Gasteiger partial charge in [0.1, 0.15) is 5.60 Å². The molecule has 7 nitrogen and oxygen atoms in total. The van der Waals surface area contributed by atoms with Gasteiger partial charge in [-0.05, 0) is 52.4 Å². The zero-order valence-corrected chi connectivity index (χ0v) is 18.4. The van der Waals surface area contributed by atoms with Crippen LogP contribution in [0.1, 0.15) is 47.1 Å². The molecule has 0 fully saturated rings. The molecule has 1 rings (SSSR count). The minimum atomic E-state index is -0.643. The Bertz CT molecular complexity index is 655. The van der Waals surface area contributed by atoms with E-state index in [1.54, 1.807) is 33.8 Å². The zero-order chi connectivity index (χ0) is 21.7. The number of pyridine rings is 1. The molecular formula is C20H32ClN3O4. The summed E-state index contributed by atoms with van der Waals surface area (Å²) >= 11 is 6.09. The second-order valence-electron chi connectivity index (χ2n) is 6.76. The van der Waals surface area contributed by atoms with Crippen molar-refractivity contribution in [3.05, 3.63) is 35.0 Å². The Labute approximate surface area is 172 Å². The fraction of sp³-hybridized carbons (Fsp3) is 0.550. The zero-order valence-electron chi connectivity index (χ0n) is 17.6. The van der Waals surface area contributed by atoms with Crippen LogP contribution in [0.5, 0.6) is 0 Å². The Balaban J connectivity index is 0.00000129. The predicted molar refractivity (Wildman–Crippen MR) is 113 cm³/mol. The largest absolute Gasteiger partial charge is 0.463 e. The summed E-state index contributed by atoms with van der Waals surface area (Å²) in [6, 6.07) is 1.60. The van der Waals surface area contributed by atoms with Gasteiger partial charge < -0.3 is 14.8 Å². The van der Waals surface area contributed by atoms with E-state index in [4.69, 9.17) is 21.1 Å². The second-order valence-corrected chi connectivity index (χ2v) is 7.17. The second kappa shape index (κ2) is 13.1. The quantitative estimate of drug-likeness (QED) is 0.510. The lowest BCUT2D eigenvalue weighted by Gasteiger charge is -2.19. The summed E-state index contributed by atoms with van der Waals surface area (Å²) in [6.07, 6.45) is 1.12. The number of halogens is 1. The third kappa shape index (κ3) is 11.6. The van der Waals surface area contributed by atoms with Gasteiger partial charge in [0.25, 0.3) is 0 Å². The van der Waals surface area contributed by atoms with Crippen LogP contribution in [-0.2, 0) is 20.7 Å². The number of carbonyl (C=O) groups is 2. The molecule has 1 aromatic rings. The van der Waals surface area contributed by atoms with Crippen molar-refractivity contribution in [2.75, 3.05) is 25.0 Å². The van der Waals surface area contributed by atoms with Gasteiger partial charge in [0.05, 0.1) is 11.6 Å². The summed E-state index contributed by atoms with van der Waals surface area (Å²) in [4.78, 5) is 27.3. The molecule has 1 aromatic heterocycles. The first-order valence-corrected chi connectivity index (χ1v) is 9.61. The number of nitrogens with one attached hydrogen (secondary N) is 2. The van der Waals surface area contributed by atoms with Crippen LogP contribution in [0.25, 0.3) is 0 Å². The summed E-state index contributed by atoms with van der Waals surface area (Å²) in [6.45, 7) is 17.3. The van der Waals surface area contributed by atoms with Crippen molar-refractivity contribution in [3.8, 4) is 0 Å². The van der Waals surface area contributed by atoms with E-state index >= 15 is 0 Å². The van der Waals surface area contributed by atoms with Gasteiger partial charge in [-0.15, -0.1) is 0 Å². The smallest absolute Gasteiger partial charge is 0.413 e. The lowest BCUT2D eigenvalue weighted by atomic mass is 10.1. The van der Waals surface area contributed by atoms with Crippen LogP contribution in [0.2, 0.25) is 5.02 Å². The number of hydrogen-bond acceptors (Lipinski definition) is 6. The van der Waals surface area contributed by atoms with Crippen molar-refractivity contribution in [1.82, 2.24) is 10.3 Å². The maximum atomic E-state index is 11.7. The van der Waals surface area contributed by atoms with E-state index in [2.05, 4.69) is 36.0 Å². The molecule has 2 N–H and O–H groups in total. The number of anilines is 1. The molecule has 28 heavy (non-hydrogen) atoms. The molecule has 0 saturated carbocycles. The Hall–Kier alpha value is -2.12. The number of nitrogens with zero attached hydrogens (tertiary/aromatic N) is 1.